The van der Waals surface area contributed by atoms with Gasteiger partial charge in [0.1, 0.15) is 0 Å². The van der Waals surface area contributed by atoms with Crippen LogP contribution in [-0.4, -0.2) is 57.5 Å². The molecule has 2 aliphatic heterocycles. The highest BCUT2D eigenvalue weighted by Crippen LogP contribution is 2.38. The van der Waals surface area contributed by atoms with Gasteiger partial charge < -0.3 is 14.9 Å². The van der Waals surface area contributed by atoms with Gasteiger partial charge >= 0.3 is 12.0 Å². The van der Waals surface area contributed by atoms with Crippen LogP contribution in [0.5, 0.6) is 0 Å². The van der Waals surface area contributed by atoms with Gasteiger partial charge in [-0.1, -0.05) is 66.7 Å². The third kappa shape index (κ3) is 4.72. The van der Waals surface area contributed by atoms with Crippen molar-refractivity contribution < 1.29 is 19.5 Å². The Balaban J connectivity index is 1.47. The predicted molar refractivity (Wildman–Crippen MR) is 142 cm³/mol. The number of urea groups is 1. The lowest BCUT2D eigenvalue weighted by molar-refractivity contribution is -0.149. The van der Waals surface area contributed by atoms with Crippen molar-refractivity contribution in [1.82, 2.24) is 9.80 Å². The van der Waals surface area contributed by atoms with Crippen molar-refractivity contribution in [2.24, 2.45) is 0 Å². The third-order valence-corrected chi connectivity index (χ3v) is 7.13. The van der Waals surface area contributed by atoms with Gasteiger partial charge in [-0.25, -0.2) is 9.59 Å². The van der Waals surface area contributed by atoms with Gasteiger partial charge in [-0.3, -0.25) is 9.69 Å². The summed E-state index contributed by atoms with van der Waals surface area (Å²) in [5, 5.41) is 10.3. The number of para-hydroxylation sites is 2. The summed E-state index contributed by atoms with van der Waals surface area (Å²) in [7, 11) is 0. The van der Waals surface area contributed by atoms with Gasteiger partial charge in [0.15, 0.2) is 6.04 Å². The van der Waals surface area contributed by atoms with Crippen LogP contribution in [0.1, 0.15) is 25.3 Å². The normalized spacial score (nSPS) is 21.0. The zero-order valence-corrected chi connectivity index (χ0v) is 20.6. The average molecular weight is 496 g/mol. The number of aliphatic carboxylic acids is 1. The van der Waals surface area contributed by atoms with Crippen LogP contribution in [0.2, 0.25) is 0 Å². The lowest BCUT2D eigenvalue weighted by atomic mass is 10.0. The maximum Gasteiger partial charge on any atom is 0.329 e. The molecule has 2 fully saturated rings. The molecule has 3 atom stereocenters. The number of carboxylic acids is 1. The molecule has 5 rings (SSSR count). The molecule has 0 spiro atoms. The quantitative estimate of drug-likeness (QED) is 0.495. The maximum absolute atomic E-state index is 14.1. The highest BCUT2D eigenvalue weighted by Gasteiger charge is 2.53. The van der Waals surface area contributed by atoms with Crippen LogP contribution in [-0.2, 0) is 9.59 Å². The number of carboxylic acid groups (broad SMARTS) is 1. The molecule has 7 heteroatoms. The highest BCUT2D eigenvalue weighted by atomic mass is 16.4. The second-order valence-electron chi connectivity index (χ2n) is 9.47. The van der Waals surface area contributed by atoms with Gasteiger partial charge in [0, 0.05) is 12.1 Å². The van der Waals surface area contributed by atoms with E-state index in [4.69, 9.17) is 0 Å². The van der Waals surface area contributed by atoms with Gasteiger partial charge in [0.2, 0.25) is 5.91 Å². The molecule has 2 saturated heterocycles. The summed E-state index contributed by atoms with van der Waals surface area (Å²) in [5.74, 6) is -1.29. The number of amides is 3. The first kappa shape index (κ1) is 24.3. The number of nitrogens with zero attached hydrogens (tertiary/aromatic N) is 3. The van der Waals surface area contributed by atoms with Gasteiger partial charge in [0.25, 0.3) is 0 Å². The Hall–Kier alpha value is -4.39. The average Bonchev–Trinajstić information content (AvgIpc) is 3.22. The molecule has 0 aliphatic carbocycles. The second-order valence-corrected chi connectivity index (χ2v) is 9.47. The zero-order valence-electron chi connectivity index (χ0n) is 20.6. The van der Waals surface area contributed by atoms with E-state index in [-0.39, 0.29) is 18.5 Å². The number of carbonyl (C=O) groups excluding carboxylic acids is 2. The van der Waals surface area contributed by atoms with Crippen molar-refractivity contribution >= 4 is 35.4 Å². The molecule has 3 aromatic carbocycles. The zero-order chi connectivity index (χ0) is 25.9. The third-order valence-electron chi connectivity index (χ3n) is 7.13. The van der Waals surface area contributed by atoms with Gasteiger partial charge in [0.05, 0.1) is 23.5 Å². The minimum atomic E-state index is -1.14. The van der Waals surface area contributed by atoms with E-state index in [1.807, 2.05) is 97.1 Å². The fraction of sp³-hybridized carbons (Fsp3) is 0.233. The van der Waals surface area contributed by atoms with Crippen molar-refractivity contribution in [2.45, 2.75) is 37.9 Å². The van der Waals surface area contributed by atoms with Crippen molar-refractivity contribution in [1.29, 1.82) is 0 Å². The molecule has 37 heavy (non-hydrogen) atoms. The lowest BCUT2D eigenvalue weighted by Crippen LogP contribution is -2.66. The van der Waals surface area contributed by atoms with Crippen LogP contribution in [0.25, 0.3) is 6.08 Å². The van der Waals surface area contributed by atoms with Crippen molar-refractivity contribution in [3.8, 4) is 0 Å². The summed E-state index contributed by atoms with van der Waals surface area (Å²) in [4.78, 5) is 44.9. The summed E-state index contributed by atoms with van der Waals surface area (Å²) in [6, 6.07) is 25.6. The van der Waals surface area contributed by atoms with E-state index < -0.39 is 24.1 Å². The Labute approximate surface area is 216 Å². The van der Waals surface area contributed by atoms with Crippen molar-refractivity contribution in [2.75, 3.05) is 11.4 Å². The van der Waals surface area contributed by atoms with Crippen LogP contribution >= 0.6 is 0 Å². The molecule has 188 valence electrons. The molecule has 0 unspecified atom stereocenters. The molecule has 3 aromatic rings. The van der Waals surface area contributed by atoms with E-state index in [1.54, 1.807) is 16.7 Å². The number of anilines is 2. The Morgan fingerprint density at radius 2 is 1.38 bits per heavy atom. The standard InChI is InChI=1S/C30H29N3O4/c1-21(19-22-11-5-2-6-12-22)28(34)33-25-17-18-26(33)27(29(35)36)31(20-25)30(37)32(23-13-7-3-8-14-23)24-15-9-4-10-16-24/h2-16,19,25-27H,17-18,20H2,1H3,(H,35,36)/b21-19+/t25-,26+,27-/m0/s1. The molecular weight excluding hydrogens is 466 g/mol. The van der Waals surface area contributed by atoms with Gasteiger partial charge in [-0.15, -0.1) is 0 Å². The smallest absolute Gasteiger partial charge is 0.329 e. The van der Waals surface area contributed by atoms with Crippen LogP contribution < -0.4 is 4.90 Å². The van der Waals surface area contributed by atoms with Gasteiger partial charge in [-0.05, 0) is 55.7 Å². The Kier molecular flexibility index (Phi) is 6.77. The minimum absolute atomic E-state index is 0.160. The number of carbonyl (C=O) groups is 3. The number of piperazine rings is 1. The van der Waals surface area contributed by atoms with Gasteiger partial charge in [-0.2, -0.15) is 0 Å². The number of hydrogen-bond donors (Lipinski definition) is 1. The summed E-state index contributed by atoms with van der Waals surface area (Å²) >= 11 is 0. The summed E-state index contributed by atoms with van der Waals surface area (Å²) in [5.41, 5.74) is 2.75. The Morgan fingerprint density at radius 1 is 0.838 bits per heavy atom. The van der Waals surface area contributed by atoms with E-state index in [1.165, 1.54) is 4.90 Å². The number of fused-ring (bicyclic) bond motifs is 2. The number of likely N-dealkylation sites (tertiary alicyclic amines) is 1. The van der Waals surface area contributed by atoms with E-state index in [0.29, 0.717) is 29.8 Å². The summed E-state index contributed by atoms with van der Waals surface area (Å²) in [6.45, 7) is 1.92. The Bertz CT molecular complexity index is 1270. The molecule has 0 aromatic heterocycles. The number of rotatable bonds is 5. The fourth-order valence-corrected chi connectivity index (χ4v) is 5.48. The predicted octanol–water partition coefficient (Wildman–Crippen LogP) is 5.18. The SMILES string of the molecule is C/C(=C\c1ccccc1)C(=O)N1[C@H]2CC[C@@H]1[C@@H](C(=O)O)N(C(=O)N(c1ccccc1)c1ccccc1)C2. The highest BCUT2D eigenvalue weighted by molar-refractivity contribution is 6.02. The molecule has 3 amide bonds. The lowest BCUT2D eigenvalue weighted by Gasteiger charge is -2.46. The summed E-state index contributed by atoms with van der Waals surface area (Å²) in [6.07, 6.45) is 3.01. The molecular formula is C30H29N3O4. The number of hydrogen-bond acceptors (Lipinski definition) is 3. The topological polar surface area (TPSA) is 81.2 Å². The first-order valence-electron chi connectivity index (χ1n) is 12.5. The molecule has 7 nitrogen and oxygen atoms in total. The van der Waals surface area contributed by atoms with Crippen molar-refractivity contribution in [3.63, 3.8) is 0 Å². The number of benzene rings is 3. The van der Waals surface area contributed by atoms with Crippen LogP contribution in [0.4, 0.5) is 16.2 Å². The second kappa shape index (κ2) is 10.3. The van der Waals surface area contributed by atoms with Crippen LogP contribution in [0.3, 0.4) is 0 Å². The Morgan fingerprint density at radius 3 is 1.92 bits per heavy atom. The maximum atomic E-state index is 14.1. The first-order valence-corrected chi connectivity index (χ1v) is 12.5. The molecule has 2 aliphatic rings. The van der Waals surface area contributed by atoms with Crippen LogP contribution in [0.15, 0.2) is 96.6 Å². The summed E-state index contributed by atoms with van der Waals surface area (Å²) < 4.78 is 0. The molecule has 2 bridgehead atoms. The monoisotopic (exact) mass is 495 g/mol. The van der Waals surface area contributed by atoms with Crippen LogP contribution in [0, 0.1) is 0 Å². The van der Waals surface area contributed by atoms with Crippen molar-refractivity contribution in [3.05, 3.63) is 102 Å². The molecule has 2 heterocycles. The molecule has 1 N–H and O–H groups in total. The van der Waals surface area contributed by atoms with E-state index in [0.717, 1.165) is 5.56 Å². The first-order chi connectivity index (χ1) is 18.0. The minimum Gasteiger partial charge on any atom is -0.480 e. The fourth-order valence-electron chi connectivity index (χ4n) is 5.48. The van der Waals surface area contributed by atoms with E-state index in [2.05, 4.69) is 0 Å². The van der Waals surface area contributed by atoms with E-state index >= 15 is 0 Å². The molecule has 0 radical (unpaired) electrons. The largest absolute Gasteiger partial charge is 0.480 e. The molecule has 0 saturated carbocycles. The van der Waals surface area contributed by atoms with E-state index in [9.17, 15) is 19.5 Å².